The second kappa shape index (κ2) is 6.45. The lowest BCUT2D eigenvalue weighted by atomic mass is 9.52. The predicted molar refractivity (Wildman–Crippen MR) is 85.0 cm³/mol. The molecular weight excluding hydrogens is 265 g/mol. The van der Waals surface area contributed by atoms with Crippen molar-refractivity contribution >= 4 is 0 Å². The van der Waals surface area contributed by atoms with Crippen molar-refractivity contribution in [2.45, 2.75) is 39.0 Å². The number of halogens is 1. The van der Waals surface area contributed by atoms with E-state index in [4.69, 9.17) is 4.74 Å². The summed E-state index contributed by atoms with van der Waals surface area (Å²) in [5.74, 6) is 0.583. The fourth-order valence-corrected chi connectivity index (χ4v) is 3.35. The van der Waals surface area contributed by atoms with Gasteiger partial charge in [-0.25, -0.2) is 4.39 Å². The summed E-state index contributed by atoms with van der Waals surface area (Å²) < 4.78 is 19.3. The van der Waals surface area contributed by atoms with E-state index in [2.05, 4.69) is 26.1 Å². The Hall–Kier alpha value is -0.930. The van der Waals surface area contributed by atoms with Gasteiger partial charge in [0.25, 0.3) is 0 Å². The number of methoxy groups -OCH3 is 1. The molecule has 2 nitrogen and oxygen atoms in total. The Morgan fingerprint density at radius 1 is 1.29 bits per heavy atom. The molecule has 1 aromatic rings. The zero-order valence-corrected chi connectivity index (χ0v) is 13.7. The van der Waals surface area contributed by atoms with Gasteiger partial charge in [-0.15, -0.1) is 0 Å². The van der Waals surface area contributed by atoms with Crippen LogP contribution in [-0.2, 0) is 10.2 Å². The van der Waals surface area contributed by atoms with Crippen molar-refractivity contribution in [1.82, 2.24) is 5.32 Å². The second-order valence-electron chi connectivity index (χ2n) is 7.40. The van der Waals surface area contributed by atoms with Crippen molar-refractivity contribution < 1.29 is 9.13 Å². The Bertz CT molecular complexity index is 461. The fourth-order valence-electron chi connectivity index (χ4n) is 3.35. The van der Waals surface area contributed by atoms with Crippen LogP contribution in [0.2, 0.25) is 0 Å². The molecule has 21 heavy (non-hydrogen) atoms. The van der Waals surface area contributed by atoms with Crippen LogP contribution in [0.25, 0.3) is 0 Å². The van der Waals surface area contributed by atoms with Crippen molar-refractivity contribution in [3.8, 4) is 0 Å². The summed E-state index contributed by atoms with van der Waals surface area (Å²) in [7, 11) is 1.70. The van der Waals surface area contributed by atoms with E-state index >= 15 is 0 Å². The molecule has 0 bridgehead atoms. The lowest BCUT2D eigenvalue weighted by molar-refractivity contribution is 0.0416. The van der Waals surface area contributed by atoms with Crippen LogP contribution >= 0.6 is 0 Å². The minimum Gasteiger partial charge on any atom is -0.383 e. The Balaban J connectivity index is 2.12. The molecule has 1 aromatic carbocycles. The standard InChI is InChI=1S/C18H28FNO/c1-17(2,3)14-11-18(12-14,13-20-9-10-21-4)15-7-5-6-8-16(15)19/h5-8,14,20H,9-13H2,1-4H3. The van der Waals surface area contributed by atoms with Gasteiger partial charge < -0.3 is 10.1 Å². The van der Waals surface area contributed by atoms with Crippen LogP contribution in [0.15, 0.2) is 24.3 Å². The average Bonchev–Trinajstić information content (AvgIpc) is 2.36. The lowest BCUT2D eigenvalue weighted by Crippen LogP contribution is -2.52. The molecule has 1 fully saturated rings. The van der Waals surface area contributed by atoms with Gasteiger partial charge in [0.1, 0.15) is 5.82 Å². The van der Waals surface area contributed by atoms with E-state index in [0.717, 1.165) is 31.5 Å². The summed E-state index contributed by atoms with van der Waals surface area (Å²) in [5.41, 5.74) is 1.11. The first-order valence-corrected chi connectivity index (χ1v) is 7.84. The Morgan fingerprint density at radius 2 is 1.95 bits per heavy atom. The highest BCUT2D eigenvalue weighted by molar-refractivity contribution is 5.31. The Labute approximate surface area is 128 Å². The second-order valence-corrected chi connectivity index (χ2v) is 7.40. The quantitative estimate of drug-likeness (QED) is 0.806. The molecule has 0 saturated heterocycles. The third-order valence-electron chi connectivity index (χ3n) is 4.89. The Kier molecular flexibility index (Phi) is 5.05. The summed E-state index contributed by atoms with van der Waals surface area (Å²) in [4.78, 5) is 0. The molecular formula is C18H28FNO. The van der Waals surface area contributed by atoms with Gasteiger partial charge in [0.05, 0.1) is 6.61 Å². The highest BCUT2D eigenvalue weighted by atomic mass is 19.1. The highest BCUT2D eigenvalue weighted by Gasteiger charge is 2.50. The molecule has 118 valence electrons. The number of rotatable bonds is 6. The van der Waals surface area contributed by atoms with E-state index in [1.165, 1.54) is 0 Å². The highest BCUT2D eigenvalue weighted by Crippen LogP contribution is 2.54. The van der Waals surface area contributed by atoms with Crippen molar-refractivity contribution in [2.75, 3.05) is 26.8 Å². The van der Waals surface area contributed by atoms with Gasteiger partial charge in [-0.3, -0.25) is 0 Å². The van der Waals surface area contributed by atoms with E-state index in [-0.39, 0.29) is 11.2 Å². The van der Waals surface area contributed by atoms with Gasteiger partial charge in [-0.1, -0.05) is 39.0 Å². The van der Waals surface area contributed by atoms with Crippen LogP contribution < -0.4 is 5.32 Å². The third-order valence-corrected chi connectivity index (χ3v) is 4.89. The lowest BCUT2D eigenvalue weighted by Gasteiger charge is -2.53. The average molecular weight is 293 g/mol. The fraction of sp³-hybridized carbons (Fsp3) is 0.667. The summed E-state index contributed by atoms with van der Waals surface area (Å²) in [6, 6.07) is 7.24. The molecule has 0 radical (unpaired) electrons. The molecule has 1 aliphatic carbocycles. The maximum absolute atomic E-state index is 14.3. The van der Waals surface area contributed by atoms with Crippen molar-refractivity contribution in [1.29, 1.82) is 0 Å². The first kappa shape index (κ1) is 16.4. The molecule has 1 N–H and O–H groups in total. The summed E-state index contributed by atoms with van der Waals surface area (Å²) in [6.07, 6.45) is 2.11. The molecule has 0 unspecified atom stereocenters. The molecule has 0 atom stereocenters. The van der Waals surface area contributed by atoms with Gasteiger partial charge in [0.15, 0.2) is 0 Å². The number of benzene rings is 1. The Morgan fingerprint density at radius 3 is 2.52 bits per heavy atom. The van der Waals surface area contributed by atoms with Crippen LogP contribution in [0.1, 0.15) is 39.2 Å². The summed E-state index contributed by atoms with van der Waals surface area (Å²) >= 11 is 0. The molecule has 2 rings (SSSR count). The molecule has 3 heteroatoms. The van der Waals surface area contributed by atoms with E-state index in [1.807, 2.05) is 12.1 Å². The molecule has 0 aliphatic heterocycles. The van der Waals surface area contributed by atoms with Crippen LogP contribution in [0.5, 0.6) is 0 Å². The minimum atomic E-state index is -0.0709. The largest absolute Gasteiger partial charge is 0.383 e. The smallest absolute Gasteiger partial charge is 0.127 e. The number of ether oxygens (including phenoxy) is 1. The van der Waals surface area contributed by atoms with Crippen molar-refractivity contribution in [2.24, 2.45) is 11.3 Å². The van der Waals surface area contributed by atoms with Gasteiger partial charge in [0, 0.05) is 25.6 Å². The number of nitrogens with one attached hydrogen (secondary N) is 1. The van der Waals surface area contributed by atoms with Crippen LogP contribution in [-0.4, -0.2) is 26.8 Å². The number of hydrogen-bond acceptors (Lipinski definition) is 2. The molecule has 0 heterocycles. The van der Waals surface area contributed by atoms with Gasteiger partial charge in [0.2, 0.25) is 0 Å². The van der Waals surface area contributed by atoms with Crippen LogP contribution in [0.4, 0.5) is 4.39 Å². The molecule has 0 aromatic heterocycles. The summed E-state index contributed by atoms with van der Waals surface area (Å²) in [5, 5.41) is 3.44. The third kappa shape index (κ3) is 3.64. The van der Waals surface area contributed by atoms with E-state index in [0.29, 0.717) is 17.9 Å². The van der Waals surface area contributed by atoms with Gasteiger partial charge >= 0.3 is 0 Å². The first-order chi connectivity index (χ1) is 9.89. The van der Waals surface area contributed by atoms with Gasteiger partial charge in [-0.2, -0.15) is 0 Å². The zero-order chi connectivity index (χ0) is 15.5. The van der Waals surface area contributed by atoms with E-state index < -0.39 is 0 Å². The molecule has 1 saturated carbocycles. The monoisotopic (exact) mass is 293 g/mol. The van der Waals surface area contributed by atoms with E-state index in [9.17, 15) is 4.39 Å². The van der Waals surface area contributed by atoms with Gasteiger partial charge in [-0.05, 0) is 35.8 Å². The van der Waals surface area contributed by atoms with Crippen LogP contribution in [0, 0.1) is 17.2 Å². The maximum atomic E-state index is 14.3. The minimum absolute atomic E-state index is 0.0585. The predicted octanol–water partition coefficient (Wildman–Crippen LogP) is 3.76. The SMILES string of the molecule is COCCNCC1(c2ccccc2F)CC(C(C)(C)C)C1. The molecule has 0 spiro atoms. The van der Waals surface area contributed by atoms with E-state index in [1.54, 1.807) is 19.2 Å². The first-order valence-electron chi connectivity index (χ1n) is 7.84. The zero-order valence-electron chi connectivity index (χ0n) is 13.7. The molecule has 0 amide bonds. The maximum Gasteiger partial charge on any atom is 0.127 e. The van der Waals surface area contributed by atoms with Crippen LogP contribution in [0.3, 0.4) is 0 Å². The van der Waals surface area contributed by atoms with Crippen molar-refractivity contribution in [3.63, 3.8) is 0 Å². The van der Waals surface area contributed by atoms with Crippen molar-refractivity contribution in [3.05, 3.63) is 35.6 Å². The molecule has 1 aliphatic rings. The normalized spacial score (nSPS) is 25.7. The number of hydrogen-bond donors (Lipinski definition) is 1. The summed E-state index contributed by atoms with van der Waals surface area (Å²) in [6.45, 7) is 9.16. The topological polar surface area (TPSA) is 21.3 Å².